The zero-order valence-corrected chi connectivity index (χ0v) is 15.6. The van der Waals surface area contributed by atoms with Crippen LogP contribution < -0.4 is 5.43 Å². The number of nitrogens with one attached hydrogen (secondary N) is 1. The molecule has 0 atom stereocenters. The van der Waals surface area contributed by atoms with E-state index in [0.29, 0.717) is 23.0 Å². The lowest BCUT2D eigenvalue weighted by molar-refractivity contribution is -0.142. The van der Waals surface area contributed by atoms with Crippen molar-refractivity contribution in [2.45, 2.75) is 20.3 Å². The molecule has 0 unspecified atom stereocenters. The van der Waals surface area contributed by atoms with Crippen LogP contribution in [0.3, 0.4) is 0 Å². The van der Waals surface area contributed by atoms with Crippen molar-refractivity contribution >= 4 is 51.2 Å². The van der Waals surface area contributed by atoms with Crippen molar-refractivity contribution in [1.82, 2.24) is 4.98 Å². The van der Waals surface area contributed by atoms with Gasteiger partial charge in [-0.15, -0.1) is 11.3 Å². The van der Waals surface area contributed by atoms with Gasteiger partial charge in [0.25, 0.3) is 0 Å². The molecule has 0 fully saturated rings. The minimum atomic E-state index is -0.299. The Hall–Kier alpha value is -1.68. The van der Waals surface area contributed by atoms with Crippen molar-refractivity contribution in [2.24, 2.45) is 5.10 Å². The number of benzene rings is 1. The fraction of sp³-hybridized carbons (Fsp3) is 0.267. The maximum absolute atomic E-state index is 11.4. The first kappa shape index (κ1) is 17.7. The van der Waals surface area contributed by atoms with Crippen molar-refractivity contribution in [3.63, 3.8) is 0 Å². The van der Waals surface area contributed by atoms with Crippen molar-refractivity contribution in [2.75, 3.05) is 12.0 Å². The molecule has 0 bridgehead atoms. The lowest BCUT2D eigenvalue weighted by Gasteiger charge is -2.03. The Morgan fingerprint density at radius 3 is 3.09 bits per heavy atom. The quantitative estimate of drug-likeness (QED) is 0.309. The Balaban J connectivity index is 1.99. The van der Waals surface area contributed by atoms with Crippen LogP contribution in [0.1, 0.15) is 23.7 Å². The van der Waals surface area contributed by atoms with Gasteiger partial charge in [-0.05, 0) is 54.1 Å². The van der Waals surface area contributed by atoms with Gasteiger partial charge in [-0.3, -0.25) is 10.2 Å². The Kier molecular flexibility index (Phi) is 6.34. The van der Waals surface area contributed by atoms with Gasteiger partial charge in [-0.2, -0.15) is 5.10 Å². The number of halogens is 1. The number of aromatic nitrogens is 1. The number of thiazole rings is 1. The third-order valence-electron chi connectivity index (χ3n) is 2.84. The predicted octanol–water partition coefficient (Wildman–Crippen LogP) is 3.31. The van der Waals surface area contributed by atoms with E-state index in [1.165, 1.54) is 17.6 Å². The molecule has 1 heterocycles. The van der Waals surface area contributed by atoms with Gasteiger partial charge >= 0.3 is 5.97 Å². The van der Waals surface area contributed by atoms with E-state index in [4.69, 9.17) is 4.74 Å². The van der Waals surface area contributed by atoms with E-state index in [-0.39, 0.29) is 18.1 Å². The Bertz CT molecular complexity index is 731. The zero-order chi connectivity index (χ0) is 16.8. The first-order valence-electron chi connectivity index (χ1n) is 6.87. The molecule has 1 aromatic heterocycles. The van der Waals surface area contributed by atoms with Crippen LogP contribution >= 0.6 is 33.9 Å². The summed E-state index contributed by atoms with van der Waals surface area (Å²) in [6.07, 6.45) is 1.68. The van der Waals surface area contributed by atoms with E-state index in [1.807, 2.05) is 19.1 Å². The fourth-order valence-electron chi connectivity index (χ4n) is 1.82. The van der Waals surface area contributed by atoms with Gasteiger partial charge in [0.2, 0.25) is 5.13 Å². The number of hydrogen-bond acceptors (Lipinski definition) is 7. The van der Waals surface area contributed by atoms with Gasteiger partial charge in [0, 0.05) is 14.5 Å². The number of rotatable bonds is 6. The van der Waals surface area contributed by atoms with Crippen molar-refractivity contribution in [3.05, 3.63) is 37.9 Å². The molecule has 2 rings (SSSR count). The summed E-state index contributed by atoms with van der Waals surface area (Å²) in [6, 6.07) is 3.73. The molecule has 2 aromatic rings. The molecular weight excluding hydrogens is 429 g/mol. The molecule has 0 saturated carbocycles. The Morgan fingerprint density at radius 1 is 1.57 bits per heavy atom. The van der Waals surface area contributed by atoms with Crippen LogP contribution in [0, 0.1) is 10.5 Å². The second kappa shape index (κ2) is 8.25. The van der Waals surface area contributed by atoms with Crippen molar-refractivity contribution < 1.29 is 14.6 Å². The molecule has 6 nitrogen and oxygen atoms in total. The Labute approximate surface area is 151 Å². The summed E-state index contributed by atoms with van der Waals surface area (Å²) >= 11 is 3.53. The summed E-state index contributed by atoms with van der Waals surface area (Å²) in [6.45, 7) is 3.96. The molecule has 2 N–H and O–H groups in total. The van der Waals surface area contributed by atoms with E-state index < -0.39 is 0 Å². The lowest BCUT2D eigenvalue weighted by atomic mass is 10.1. The minimum absolute atomic E-state index is 0.145. The number of carbonyl (C=O) groups is 1. The number of hydrogen-bond donors (Lipinski definition) is 2. The van der Waals surface area contributed by atoms with E-state index in [1.54, 1.807) is 12.3 Å². The molecule has 122 valence electrons. The summed E-state index contributed by atoms with van der Waals surface area (Å²) in [5, 5.41) is 16.4. The van der Waals surface area contributed by atoms with Gasteiger partial charge in [0.1, 0.15) is 5.75 Å². The van der Waals surface area contributed by atoms with Crippen LogP contribution in [0.2, 0.25) is 0 Å². The molecule has 1 aromatic carbocycles. The van der Waals surface area contributed by atoms with E-state index >= 15 is 0 Å². The summed E-state index contributed by atoms with van der Waals surface area (Å²) in [7, 11) is 0. The van der Waals surface area contributed by atoms with Crippen LogP contribution in [0.5, 0.6) is 5.75 Å². The number of phenolic OH excluding ortho intramolecular Hbond substituents is 1. The largest absolute Gasteiger partial charge is 0.507 e. The SMILES string of the molecule is CCOC(=O)Cc1csc(NN=Cc2cc(I)cc(C)c2O)n1. The second-order valence-corrected chi connectivity index (χ2v) is 6.76. The zero-order valence-electron chi connectivity index (χ0n) is 12.7. The monoisotopic (exact) mass is 445 g/mol. The number of aryl methyl sites for hydroxylation is 1. The smallest absolute Gasteiger partial charge is 0.311 e. The average Bonchev–Trinajstić information content (AvgIpc) is 2.91. The van der Waals surface area contributed by atoms with Crippen LogP contribution in [-0.2, 0) is 16.0 Å². The predicted molar refractivity (Wildman–Crippen MR) is 99.2 cm³/mol. The van der Waals surface area contributed by atoms with Gasteiger partial charge in [-0.1, -0.05) is 0 Å². The summed E-state index contributed by atoms with van der Waals surface area (Å²) in [4.78, 5) is 15.6. The van der Waals surface area contributed by atoms with Gasteiger partial charge in [0.05, 0.1) is 24.9 Å². The van der Waals surface area contributed by atoms with Crippen LogP contribution in [0.15, 0.2) is 22.6 Å². The number of hydrazone groups is 1. The summed E-state index contributed by atoms with van der Waals surface area (Å²) in [5.41, 5.74) is 4.86. The van der Waals surface area contributed by atoms with Crippen LogP contribution in [-0.4, -0.2) is 28.9 Å². The van der Waals surface area contributed by atoms with Gasteiger partial charge < -0.3 is 9.84 Å². The lowest BCUT2D eigenvalue weighted by Crippen LogP contribution is -2.07. The van der Waals surface area contributed by atoms with E-state index in [0.717, 1.165) is 9.13 Å². The van der Waals surface area contributed by atoms with Gasteiger partial charge in [0.15, 0.2) is 0 Å². The number of aromatic hydroxyl groups is 1. The molecule has 0 aliphatic rings. The minimum Gasteiger partial charge on any atom is -0.507 e. The fourth-order valence-corrected chi connectivity index (χ4v) is 3.28. The molecule has 0 spiro atoms. The van der Waals surface area contributed by atoms with Crippen LogP contribution in [0.25, 0.3) is 0 Å². The molecule has 8 heteroatoms. The second-order valence-electron chi connectivity index (χ2n) is 4.66. The highest BCUT2D eigenvalue weighted by atomic mass is 127. The number of anilines is 1. The first-order chi connectivity index (χ1) is 11.0. The number of nitrogens with zero attached hydrogens (tertiary/aromatic N) is 2. The normalized spacial score (nSPS) is 10.9. The highest BCUT2D eigenvalue weighted by molar-refractivity contribution is 14.1. The summed E-state index contributed by atoms with van der Waals surface area (Å²) < 4.78 is 5.90. The first-order valence-corrected chi connectivity index (χ1v) is 8.83. The molecular formula is C15H16IN3O3S. The summed E-state index contributed by atoms with van der Waals surface area (Å²) in [5.74, 6) is -0.0924. The number of phenols is 1. The highest BCUT2D eigenvalue weighted by Gasteiger charge is 2.08. The van der Waals surface area contributed by atoms with Crippen LogP contribution in [0.4, 0.5) is 5.13 Å². The molecule has 0 saturated heterocycles. The Morgan fingerprint density at radius 2 is 2.35 bits per heavy atom. The number of carbonyl (C=O) groups excluding carboxylic acids is 1. The highest BCUT2D eigenvalue weighted by Crippen LogP contribution is 2.23. The molecule has 0 aliphatic carbocycles. The number of esters is 1. The standard InChI is InChI=1S/C15H16IN3O3S/c1-3-22-13(20)6-12-8-23-15(18-12)19-17-7-10-5-11(16)4-9(2)14(10)21/h4-5,7-8,21H,3,6H2,1-2H3,(H,18,19). The van der Waals surface area contributed by atoms with Gasteiger partial charge in [-0.25, -0.2) is 4.98 Å². The third kappa shape index (κ3) is 5.17. The molecule has 23 heavy (non-hydrogen) atoms. The molecule has 0 radical (unpaired) electrons. The topological polar surface area (TPSA) is 83.8 Å². The van der Waals surface area contributed by atoms with E-state index in [2.05, 4.69) is 38.1 Å². The van der Waals surface area contributed by atoms with E-state index in [9.17, 15) is 9.90 Å². The number of ether oxygens (including phenoxy) is 1. The average molecular weight is 445 g/mol. The maximum atomic E-state index is 11.4. The van der Waals surface area contributed by atoms with Crippen molar-refractivity contribution in [1.29, 1.82) is 0 Å². The maximum Gasteiger partial charge on any atom is 0.311 e. The molecule has 0 aliphatic heterocycles. The molecule has 0 amide bonds. The van der Waals surface area contributed by atoms with Crippen molar-refractivity contribution in [3.8, 4) is 5.75 Å². The third-order valence-corrected chi connectivity index (χ3v) is 4.26.